The van der Waals surface area contributed by atoms with Crippen molar-refractivity contribution in [2.45, 2.75) is 25.9 Å². The van der Waals surface area contributed by atoms with Gasteiger partial charge in [-0.25, -0.2) is 26.3 Å². The lowest BCUT2D eigenvalue weighted by atomic mass is 9.98. The summed E-state index contributed by atoms with van der Waals surface area (Å²) in [7, 11) is 0. The van der Waals surface area contributed by atoms with Crippen molar-refractivity contribution in [3.05, 3.63) is 88.0 Å². The van der Waals surface area contributed by atoms with Gasteiger partial charge in [0, 0.05) is 12.1 Å². The fraction of sp³-hybridized carbons (Fsp3) is 0.174. The van der Waals surface area contributed by atoms with E-state index in [1.54, 1.807) is 6.92 Å². The zero-order valence-electron chi connectivity index (χ0n) is 16.8. The van der Waals surface area contributed by atoms with Crippen molar-refractivity contribution in [3.8, 4) is 22.9 Å². The molecule has 0 saturated carbocycles. The molecule has 0 amide bonds. The van der Waals surface area contributed by atoms with Gasteiger partial charge in [0.05, 0.1) is 5.56 Å². The monoisotopic (exact) mass is 471 g/mol. The van der Waals surface area contributed by atoms with Gasteiger partial charge in [0.2, 0.25) is 0 Å². The Morgan fingerprint density at radius 1 is 0.788 bits per heavy atom. The lowest BCUT2D eigenvalue weighted by Crippen LogP contribution is -2.25. The molecule has 0 aromatic heterocycles. The van der Waals surface area contributed by atoms with Crippen LogP contribution in [0.3, 0.4) is 0 Å². The highest BCUT2D eigenvalue weighted by Gasteiger charge is 2.41. The summed E-state index contributed by atoms with van der Waals surface area (Å²) in [4.78, 5) is 0. The van der Waals surface area contributed by atoms with E-state index < -0.39 is 69.0 Å². The van der Waals surface area contributed by atoms with E-state index >= 15 is 0 Å². The third kappa shape index (κ3) is 4.77. The van der Waals surface area contributed by atoms with Crippen LogP contribution in [-0.2, 0) is 12.5 Å². The third-order valence-corrected chi connectivity index (χ3v) is 4.64. The molecule has 2 nitrogen and oxygen atoms in total. The highest BCUT2D eigenvalue weighted by Crippen LogP contribution is 2.38. The molecular weight excluding hydrogens is 458 g/mol. The van der Waals surface area contributed by atoms with Crippen LogP contribution in [0, 0.1) is 46.2 Å². The molecule has 0 unspecified atom stereocenters. The molecule has 3 rings (SSSR count). The Morgan fingerprint density at radius 2 is 1.30 bits per heavy atom. The van der Waals surface area contributed by atoms with Crippen molar-refractivity contribution >= 4 is 0 Å². The average molecular weight is 471 g/mol. The summed E-state index contributed by atoms with van der Waals surface area (Å²) in [6, 6.07) is 4.16. The Bertz CT molecular complexity index is 1200. The number of nitriles is 1. The Hall–Kier alpha value is -3.61. The summed E-state index contributed by atoms with van der Waals surface area (Å²) in [5.41, 5.74) is -4.21. The summed E-state index contributed by atoms with van der Waals surface area (Å²) >= 11 is 0. The van der Waals surface area contributed by atoms with Gasteiger partial charge in [0.15, 0.2) is 0 Å². The van der Waals surface area contributed by atoms with Crippen LogP contribution in [-0.4, -0.2) is 0 Å². The maximum Gasteiger partial charge on any atom is 0.432 e. The van der Waals surface area contributed by atoms with Crippen molar-refractivity contribution in [2.24, 2.45) is 0 Å². The molecule has 0 atom stereocenters. The number of alkyl halides is 2. The van der Waals surface area contributed by atoms with Crippen LogP contribution in [0.25, 0.3) is 11.1 Å². The lowest BCUT2D eigenvalue weighted by Gasteiger charge is -2.20. The zero-order chi connectivity index (χ0) is 24.5. The Balaban J connectivity index is 2.02. The van der Waals surface area contributed by atoms with Crippen molar-refractivity contribution in [2.75, 3.05) is 0 Å². The normalized spacial score (nSPS) is 11.4. The Labute approximate surface area is 182 Å². The van der Waals surface area contributed by atoms with Crippen LogP contribution in [0.1, 0.15) is 30.0 Å². The third-order valence-electron chi connectivity index (χ3n) is 4.64. The standard InChI is InChI=1S/C23H13F8NO/c1-2-3-11-4-17(26)21(18(27)5-11)12-6-19(28)22(20(29)7-12)23(30,31)33-13-8-15(24)14(10-32)16(25)9-13/h4-9H,2-3H2,1H3. The molecule has 10 heteroatoms. The van der Waals surface area contributed by atoms with E-state index in [9.17, 15) is 35.1 Å². The molecule has 0 saturated heterocycles. The van der Waals surface area contributed by atoms with Gasteiger partial charge in [0.25, 0.3) is 0 Å². The molecular formula is C23H13F8NO. The minimum absolute atomic E-state index is 0.238. The highest BCUT2D eigenvalue weighted by molar-refractivity contribution is 5.66. The number of aryl methyl sites for hydroxylation is 1. The predicted octanol–water partition coefficient (Wildman–Crippen LogP) is 7.14. The molecule has 0 heterocycles. The van der Waals surface area contributed by atoms with Gasteiger partial charge in [-0.1, -0.05) is 13.3 Å². The molecule has 172 valence electrons. The van der Waals surface area contributed by atoms with Crippen molar-refractivity contribution in [1.82, 2.24) is 0 Å². The molecule has 0 bridgehead atoms. The Kier molecular flexibility index (Phi) is 6.63. The summed E-state index contributed by atoms with van der Waals surface area (Å²) in [5, 5.41) is 8.60. The lowest BCUT2D eigenvalue weighted by molar-refractivity contribution is -0.189. The molecule has 3 aromatic carbocycles. The van der Waals surface area contributed by atoms with Crippen LogP contribution in [0.4, 0.5) is 35.1 Å². The predicted molar refractivity (Wildman–Crippen MR) is 101 cm³/mol. The SMILES string of the molecule is CCCc1cc(F)c(-c2cc(F)c(C(F)(F)Oc3cc(F)c(C#N)c(F)c3)c(F)c2)c(F)c1. The fourth-order valence-electron chi connectivity index (χ4n) is 3.24. The van der Waals surface area contributed by atoms with E-state index in [4.69, 9.17) is 5.26 Å². The molecule has 0 fully saturated rings. The van der Waals surface area contributed by atoms with Crippen molar-refractivity contribution < 1.29 is 39.9 Å². The van der Waals surface area contributed by atoms with E-state index in [2.05, 4.69) is 4.74 Å². The number of halogens is 8. The maximum absolute atomic E-state index is 14.5. The van der Waals surface area contributed by atoms with Gasteiger partial charge in [-0.15, -0.1) is 0 Å². The number of hydrogen-bond donors (Lipinski definition) is 0. The minimum Gasteiger partial charge on any atom is -0.429 e. The second-order valence-electron chi connectivity index (χ2n) is 6.99. The molecule has 0 spiro atoms. The Morgan fingerprint density at radius 3 is 1.76 bits per heavy atom. The summed E-state index contributed by atoms with van der Waals surface area (Å²) in [5.74, 6) is -10.3. The molecule has 0 aliphatic heterocycles. The largest absolute Gasteiger partial charge is 0.432 e. The smallest absolute Gasteiger partial charge is 0.429 e. The first kappa shape index (κ1) is 24.0. The van der Waals surface area contributed by atoms with Crippen LogP contribution in [0.2, 0.25) is 0 Å². The van der Waals surface area contributed by atoms with Crippen LogP contribution in [0.15, 0.2) is 36.4 Å². The van der Waals surface area contributed by atoms with Gasteiger partial charge in [-0.3, -0.25) is 0 Å². The van der Waals surface area contributed by atoms with Crippen molar-refractivity contribution in [1.29, 1.82) is 5.26 Å². The second kappa shape index (κ2) is 9.10. The van der Waals surface area contributed by atoms with E-state index in [1.807, 2.05) is 0 Å². The van der Waals surface area contributed by atoms with Crippen LogP contribution >= 0.6 is 0 Å². The number of benzene rings is 3. The van der Waals surface area contributed by atoms with E-state index in [0.29, 0.717) is 18.4 Å². The zero-order valence-corrected chi connectivity index (χ0v) is 16.8. The van der Waals surface area contributed by atoms with Crippen LogP contribution < -0.4 is 4.74 Å². The van der Waals surface area contributed by atoms with Gasteiger partial charge in [-0.2, -0.15) is 14.0 Å². The first-order valence-electron chi connectivity index (χ1n) is 9.42. The minimum atomic E-state index is -4.78. The summed E-state index contributed by atoms with van der Waals surface area (Å²) in [6.45, 7) is 1.77. The number of nitrogens with zero attached hydrogens (tertiary/aromatic N) is 1. The number of ether oxygens (including phenoxy) is 1. The summed E-state index contributed by atoms with van der Waals surface area (Å²) in [6.07, 6.45) is -3.85. The quantitative estimate of drug-likeness (QED) is 0.358. The first-order chi connectivity index (χ1) is 15.5. The maximum atomic E-state index is 14.5. The van der Waals surface area contributed by atoms with Crippen molar-refractivity contribution in [3.63, 3.8) is 0 Å². The molecule has 0 radical (unpaired) electrons. The average Bonchev–Trinajstić information content (AvgIpc) is 2.66. The molecule has 0 aliphatic carbocycles. The van der Waals surface area contributed by atoms with Crippen LogP contribution in [0.5, 0.6) is 5.75 Å². The molecule has 3 aromatic rings. The van der Waals surface area contributed by atoms with E-state index in [0.717, 1.165) is 12.1 Å². The topological polar surface area (TPSA) is 33.0 Å². The second-order valence-corrected chi connectivity index (χ2v) is 6.99. The number of hydrogen-bond acceptors (Lipinski definition) is 2. The molecule has 33 heavy (non-hydrogen) atoms. The highest BCUT2D eigenvalue weighted by atomic mass is 19.3. The fourth-order valence-corrected chi connectivity index (χ4v) is 3.24. The number of rotatable bonds is 6. The van der Waals surface area contributed by atoms with E-state index in [1.165, 1.54) is 6.07 Å². The summed E-state index contributed by atoms with van der Waals surface area (Å²) < 4.78 is 118. The van der Waals surface area contributed by atoms with E-state index in [-0.39, 0.29) is 24.3 Å². The van der Waals surface area contributed by atoms with Gasteiger partial charge >= 0.3 is 6.11 Å². The van der Waals surface area contributed by atoms with Gasteiger partial charge in [0.1, 0.15) is 57.8 Å². The van der Waals surface area contributed by atoms with Gasteiger partial charge in [-0.05, 0) is 41.8 Å². The first-order valence-corrected chi connectivity index (χ1v) is 9.42. The van der Waals surface area contributed by atoms with Gasteiger partial charge < -0.3 is 4.74 Å². The molecule has 0 aliphatic rings. The molecule has 0 N–H and O–H groups in total.